The lowest BCUT2D eigenvalue weighted by Crippen LogP contribution is -2.49. The number of amides is 2. The standard InChI is InChI=1S/C26H36ClN3O4S/c1-6-23(26(32)28-7-2)29(18-21-13-8-9-14-22(21)27)25(31)16-11-17-30(35(5,33)34)24-15-10-12-19(3)20(24)4/h8-10,12-15,23H,6-7,11,16-18H2,1-5H3,(H,28,32). The largest absolute Gasteiger partial charge is 0.355 e. The van der Waals surface area contributed by atoms with Crippen LogP contribution in [0.15, 0.2) is 42.5 Å². The van der Waals surface area contributed by atoms with Crippen LogP contribution in [-0.2, 0) is 26.2 Å². The highest BCUT2D eigenvalue weighted by atomic mass is 35.5. The number of carbonyl (C=O) groups is 2. The fourth-order valence-electron chi connectivity index (χ4n) is 4.01. The molecule has 2 amide bonds. The molecule has 192 valence electrons. The zero-order valence-electron chi connectivity index (χ0n) is 21.2. The zero-order chi connectivity index (χ0) is 26.2. The van der Waals surface area contributed by atoms with Gasteiger partial charge in [0.05, 0.1) is 11.9 Å². The summed E-state index contributed by atoms with van der Waals surface area (Å²) in [4.78, 5) is 27.7. The average molecular weight is 522 g/mol. The molecule has 0 spiro atoms. The Labute approximate surface area is 214 Å². The number of sulfonamides is 1. The van der Waals surface area contributed by atoms with E-state index in [-0.39, 0.29) is 31.3 Å². The van der Waals surface area contributed by atoms with E-state index < -0.39 is 16.1 Å². The summed E-state index contributed by atoms with van der Waals surface area (Å²) >= 11 is 6.34. The summed E-state index contributed by atoms with van der Waals surface area (Å²) in [6.45, 7) is 8.33. The van der Waals surface area contributed by atoms with Gasteiger partial charge >= 0.3 is 0 Å². The minimum absolute atomic E-state index is 0.0945. The summed E-state index contributed by atoms with van der Waals surface area (Å²) in [7, 11) is -3.54. The van der Waals surface area contributed by atoms with Gasteiger partial charge in [0.1, 0.15) is 6.04 Å². The van der Waals surface area contributed by atoms with Crippen LogP contribution < -0.4 is 9.62 Å². The molecule has 0 aliphatic rings. The Morgan fingerprint density at radius 3 is 2.34 bits per heavy atom. The number of benzene rings is 2. The van der Waals surface area contributed by atoms with Crippen molar-refractivity contribution in [1.29, 1.82) is 0 Å². The minimum Gasteiger partial charge on any atom is -0.355 e. The molecule has 7 nitrogen and oxygen atoms in total. The summed E-state index contributed by atoms with van der Waals surface area (Å²) in [5.41, 5.74) is 3.23. The van der Waals surface area contributed by atoms with Crippen LogP contribution >= 0.6 is 11.6 Å². The number of likely N-dealkylation sites (N-methyl/N-ethyl adjacent to an activating group) is 1. The third kappa shape index (κ3) is 7.70. The summed E-state index contributed by atoms with van der Waals surface area (Å²) in [6, 6.07) is 12.1. The van der Waals surface area contributed by atoms with Gasteiger partial charge in [0.2, 0.25) is 21.8 Å². The molecule has 0 bridgehead atoms. The summed E-state index contributed by atoms with van der Waals surface area (Å²) in [5.74, 6) is -0.444. The number of hydrogen-bond acceptors (Lipinski definition) is 4. The lowest BCUT2D eigenvalue weighted by atomic mass is 10.1. The van der Waals surface area contributed by atoms with Crippen molar-refractivity contribution in [3.8, 4) is 0 Å². The van der Waals surface area contributed by atoms with Crippen LogP contribution in [0.4, 0.5) is 5.69 Å². The molecule has 0 aliphatic heterocycles. The number of nitrogens with one attached hydrogen (secondary N) is 1. The molecular weight excluding hydrogens is 486 g/mol. The van der Waals surface area contributed by atoms with Crippen LogP contribution in [0, 0.1) is 13.8 Å². The van der Waals surface area contributed by atoms with Gasteiger partial charge in [-0.15, -0.1) is 0 Å². The van der Waals surface area contributed by atoms with E-state index in [2.05, 4.69) is 5.32 Å². The molecular formula is C26H36ClN3O4S. The first-order valence-electron chi connectivity index (χ1n) is 11.9. The quantitative estimate of drug-likeness (QED) is 0.447. The first kappa shape index (κ1) is 28.7. The topological polar surface area (TPSA) is 86.8 Å². The summed E-state index contributed by atoms with van der Waals surface area (Å²) < 4.78 is 26.5. The van der Waals surface area contributed by atoms with Gasteiger partial charge in [-0.25, -0.2) is 8.42 Å². The van der Waals surface area contributed by atoms with E-state index in [9.17, 15) is 18.0 Å². The van der Waals surface area contributed by atoms with Gasteiger partial charge in [-0.05, 0) is 62.4 Å². The van der Waals surface area contributed by atoms with Crippen molar-refractivity contribution in [1.82, 2.24) is 10.2 Å². The lowest BCUT2D eigenvalue weighted by molar-refractivity contribution is -0.141. The smallest absolute Gasteiger partial charge is 0.242 e. The van der Waals surface area contributed by atoms with E-state index in [1.807, 2.05) is 58.0 Å². The fraction of sp³-hybridized carbons (Fsp3) is 0.462. The van der Waals surface area contributed by atoms with Crippen LogP contribution in [0.25, 0.3) is 0 Å². The first-order valence-corrected chi connectivity index (χ1v) is 14.1. The van der Waals surface area contributed by atoms with Gasteiger partial charge in [0, 0.05) is 31.1 Å². The average Bonchev–Trinajstić information content (AvgIpc) is 2.79. The Morgan fingerprint density at radius 2 is 1.74 bits per heavy atom. The second-order valence-electron chi connectivity index (χ2n) is 8.59. The highest BCUT2D eigenvalue weighted by Gasteiger charge is 2.29. The Morgan fingerprint density at radius 1 is 1.06 bits per heavy atom. The highest BCUT2D eigenvalue weighted by molar-refractivity contribution is 7.92. The maximum atomic E-state index is 13.4. The first-order chi connectivity index (χ1) is 16.5. The normalized spacial score (nSPS) is 12.2. The van der Waals surface area contributed by atoms with Crippen molar-refractivity contribution in [3.05, 3.63) is 64.2 Å². The van der Waals surface area contributed by atoms with Crippen molar-refractivity contribution in [2.45, 2.75) is 59.5 Å². The molecule has 35 heavy (non-hydrogen) atoms. The molecule has 9 heteroatoms. The van der Waals surface area contributed by atoms with Crippen molar-refractivity contribution in [2.75, 3.05) is 23.7 Å². The third-order valence-corrected chi connectivity index (χ3v) is 7.58. The van der Waals surface area contributed by atoms with E-state index in [1.54, 1.807) is 17.0 Å². The predicted octanol–water partition coefficient (Wildman–Crippen LogP) is 4.45. The molecule has 0 radical (unpaired) electrons. The molecule has 2 rings (SSSR count). The maximum absolute atomic E-state index is 13.4. The molecule has 2 aromatic carbocycles. The number of carbonyl (C=O) groups excluding carboxylic acids is 2. The number of nitrogens with zero attached hydrogens (tertiary/aromatic N) is 2. The molecule has 0 saturated heterocycles. The molecule has 0 aliphatic carbocycles. The lowest BCUT2D eigenvalue weighted by Gasteiger charge is -2.31. The highest BCUT2D eigenvalue weighted by Crippen LogP contribution is 2.26. The van der Waals surface area contributed by atoms with Crippen LogP contribution in [0.5, 0.6) is 0 Å². The summed E-state index contributed by atoms with van der Waals surface area (Å²) in [6.07, 6.45) is 2.02. The minimum atomic E-state index is -3.54. The zero-order valence-corrected chi connectivity index (χ0v) is 22.7. The van der Waals surface area contributed by atoms with Crippen LogP contribution in [0.3, 0.4) is 0 Å². The fourth-order valence-corrected chi connectivity index (χ4v) is 5.22. The number of rotatable bonds is 12. The number of aryl methyl sites for hydroxylation is 1. The van der Waals surface area contributed by atoms with Crippen LogP contribution in [-0.4, -0.2) is 50.5 Å². The van der Waals surface area contributed by atoms with Gasteiger partial charge in [0.15, 0.2) is 0 Å². The van der Waals surface area contributed by atoms with Crippen molar-refractivity contribution < 1.29 is 18.0 Å². The van der Waals surface area contributed by atoms with E-state index in [4.69, 9.17) is 11.6 Å². The molecule has 0 aromatic heterocycles. The number of hydrogen-bond donors (Lipinski definition) is 1. The van der Waals surface area contributed by atoms with Crippen LogP contribution in [0.2, 0.25) is 5.02 Å². The SMILES string of the molecule is CCNC(=O)C(CC)N(Cc1ccccc1Cl)C(=O)CCCN(c1cccc(C)c1C)S(C)(=O)=O. The third-order valence-electron chi connectivity index (χ3n) is 6.03. The van der Waals surface area contributed by atoms with E-state index in [1.165, 1.54) is 10.6 Å². The molecule has 1 atom stereocenters. The van der Waals surface area contributed by atoms with Crippen molar-refractivity contribution in [2.24, 2.45) is 0 Å². The number of anilines is 1. The second-order valence-corrected chi connectivity index (χ2v) is 10.9. The Balaban J connectivity index is 2.25. The second kappa shape index (κ2) is 12.9. The van der Waals surface area contributed by atoms with Crippen molar-refractivity contribution in [3.63, 3.8) is 0 Å². The van der Waals surface area contributed by atoms with Gasteiger partial charge in [-0.2, -0.15) is 0 Å². The Kier molecular flexibility index (Phi) is 10.6. The molecule has 0 fully saturated rings. The van der Waals surface area contributed by atoms with Gasteiger partial charge < -0.3 is 10.2 Å². The monoisotopic (exact) mass is 521 g/mol. The van der Waals surface area contributed by atoms with E-state index in [0.29, 0.717) is 30.1 Å². The van der Waals surface area contributed by atoms with Gasteiger partial charge in [-0.3, -0.25) is 13.9 Å². The molecule has 0 saturated carbocycles. The van der Waals surface area contributed by atoms with Crippen LogP contribution in [0.1, 0.15) is 49.8 Å². The van der Waals surface area contributed by atoms with E-state index in [0.717, 1.165) is 16.7 Å². The number of halogens is 1. The molecule has 0 heterocycles. The Hall–Kier alpha value is -2.58. The van der Waals surface area contributed by atoms with Crippen molar-refractivity contribution >= 4 is 39.1 Å². The molecule has 1 unspecified atom stereocenters. The van der Waals surface area contributed by atoms with E-state index >= 15 is 0 Å². The predicted molar refractivity (Wildman–Crippen MR) is 142 cm³/mol. The summed E-state index contributed by atoms with van der Waals surface area (Å²) in [5, 5.41) is 3.33. The van der Waals surface area contributed by atoms with Gasteiger partial charge in [0.25, 0.3) is 0 Å². The maximum Gasteiger partial charge on any atom is 0.242 e. The molecule has 1 N–H and O–H groups in total. The van der Waals surface area contributed by atoms with Gasteiger partial charge in [-0.1, -0.05) is 48.9 Å². The molecule has 2 aromatic rings. The Bertz CT molecular complexity index is 1140.